The van der Waals surface area contributed by atoms with Crippen molar-refractivity contribution in [3.63, 3.8) is 0 Å². The first-order valence-corrected chi connectivity index (χ1v) is 8.84. The van der Waals surface area contributed by atoms with E-state index in [1.54, 1.807) is 31.6 Å². The van der Waals surface area contributed by atoms with Crippen molar-refractivity contribution in [3.05, 3.63) is 46.5 Å². The fraction of sp³-hybridized carbons (Fsp3) is 0.471. The zero-order chi connectivity index (χ0) is 17.3. The molecule has 0 fully saturated rings. The number of halogens is 1. The Labute approximate surface area is 169 Å². The zero-order valence-electron chi connectivity index (χ0n) is 14.5. The molecule has 1 atom stereocenters. The molecule has 3 N–H and O–H groups in total. The molecular formula is C17H26IN3O3S. The highest BCUT2D eigenvalue weighted by Gasteiger charge is 2.23. The normalized spacial score (nSPS) is 13.8. The van der Waals surface area contributed by atoms with Crippen molar-refractivity contribution in [3.8, 4) is 0 Å². The van der Waals surface area contributed by atoms with E-state index >= 15 is 0 Å². The molecule has 0 spiro atoms. The van der Waals surface area contributed by atoms with Gasteiger partial charge in [0.25, 0.3) is 0 Å². The summed E-state index contributed by atoms with van der Waals surface area (Å²) in [7, 11) is 1.66. The quantitative estimate of drug-likeness (QED) is 0.223. The van der Waals surface area contributed by atoms with Crippen LogP contribution in [-0.4, -0.2) is 44.4 Å². The number of hydrogen-bond acceptors (Lipinski definition) is 5. The standard InChI is InChI=1S/C17H25N3O3S.HI/c1-17(21,14-6-11-24-12-14)13-20-16(19-8-10-22-2)18-7-5-15-4-3-9-23-15;/h3-4,6,9,11-12,21H,5,7-8,10,13H2,1-2H3,(H2,18,19,20);1H. The van der Waals surface area contributed by atoms with Gasteiger partial charge in [-0.3, -0.25) is 0 Å². The lowest BCUT2D eigenvalue weighted by atomic mass is 10.00. The minimum Gasteiger partial charge on any atom is -0.469 e. The molecule has 8 heteroatoms. The third-order valence-electron chi connectivity index (χ3n) is 3.53. The molecule has 0 radical (unpaired) electrons. The second-order valence-electron chi connectivity index (χ2n) is 5.63. The average molecular weight is 479 g/mol. The lowest BCUT2D eigenvalue weighted by Gasteiger charge is -2.21. The van der Waals surface area contributed by atoms with Gasteiger partial charge in [-0.25, -0.2) is 4.99 Å². The Morgan fingerprint density at radius 3 is 2.80 bits per heavy atom. The van der Waals surface area contributed by atoms with Crippen molar-refractivity contribution in [2.24, 2.45) is 4.99 Å². The van der Waals surface area contributed by atoms with Gasteiger partial charge in [-0.1, -0.05) is 0 Å². The van der Waals surface area contributed by atoms with E-state index in [0.717, 1.165) is 17.7 Å². The van der Waals surface area contributed by atoms with Gasteiger partial charge in [0.15, 0.2) is 5.96 Å². The molecule has 0 aromatic carbocycles. The second kappa shape index (κ2) is 11.5. The summed E-state index contributed by atoms with van der Waals surface area (Å²) >= 11 is 1.56. The van der Waals surface area contributed by atoms with Gasteiger partial charge in [0, 0.05) is 26.6 Å². The SMILES string of the molecule is COCCNC(=NCC(C)(O)c1ccsc1)NCCc1ccco1.I. The fourth-order valence-electron chi connectivity index (χ4n) is 2.10. The molecule has 2 aromatic heterocycles. The maximum absolute atomic E-state index is 10.6. The minimum atomic E-state index is -0.989. The number of ether oxygens (including phenoxy) is 1. The Morgan fingerprint density at radius 1 is 1.36 bits per heavy atom. The van der Waals surface area contributed by atoms with Crippen LogP contribution in [0.5, 0.6) is 0 Å². The first-order chi connectivity index (χ1) is 11.6. The van der Waals surface area contributed by atoms with Crippen LogP contribution < -0.4 is 10.6 Å². The summed E-state index contributed by atoms with van der Waals surface area (Å²) in [6, 6.07) is 5.74. The van der Waals surface area contributed by atoms with E-state index in [9.17, 15) is 5.11 Å². The monoisotopic (exact) mass is 479 g/mol. The molecule has 0 saturated heterocycles. The predicted molar refractivity (Wildman–Crippen MR) is 112 cm³/mol. The van der Waals surface area contributed by atoms with Gasteiger partial charge < -0.3 is 24.9 Å². The number of guanidine groups is 1. The summed E-state index contributed by atoms with van der Waals surface area (Å²) in [5, 5.41) is 20.9. The molecule has 0 aliphatic heterocycles. The summed E-state index contributed by atoms with van der Waals surface area (Å²) in [5.41, 5.74) is -0.111. The minimum absolute atomic E-state index is 0. The van der Waals surface area contributed by atoms with Crippen LogP contribution in [0.25, 0.3) is 0 Å². The van der Waals surface area contributed by atoms with Crippen LogP contribution >= 0.6 is 35.3 Å². The van der Waals surface area contributed by atoms with E-state index in [1.807, 2.05) is 29.0 Å². The van der Waals surface area contributed by atoms with Crippen LogP contribution in [0.4, 0.5) is 0 Å². The highest BCUT2D eigenvalue weighted by Crippen LogP contribution is 2.23. The largest absolute Gasteiger partial charge is 0.469 e. The van der Waals surface area contributed by atoms with Crippen molar-refractivity contribution in [1.82, 2.24) is 10.6 Å². The van der Waals surface area contributed by atoms with E-state index in [2.05, 4.69) is 15.6 Å². The fourth-order valence-corrected chi connectivity index (χ4v) is 2.88. The number of nitrogens with one attached hydrogen (secondary N) is 2. The van der Waals surface area contributed by atoms with Gasteiger partial charge in [0.05, 0.1) is 19.4 Å². The van der Waals surface area contributed by atoms with Gasteiger partial charge in [-0.15, -0.1) is 24.0 Å². The van der Waals surface area contributed by atoms with Gasteiger partial charge in [-0.2, -0.15) is 11.3 Å². The van der Waals surface area contributed by atoms with Crippen LogP contribution in [0.1, 0.15) is 18.2 Å². The van der Waals surface area contributed by atoms with Gasteiger partial charge in [0.1, 0.15) is 11.4 Å². The van der Waals surface area contributed by atoms with E-state index in [0.29, 0.717) is 25.7 Å². The molecule has 0 aliphatic rings. The topological polar surface area (TPSA) is 79.0 Å². The lowest BCUT2D eigenvalue weighted by Crippen LogP contribution is -2.41. The average Bonchev–Trinajstić information content (AvgIpc) is 3.26. The molecule has 0 bridgehead atoms. The Kier molecular flexibility index (Phi) is 10.1. The number of hydrogen-bond donors (Lipinski definition) is 3. The van der Waals surface area contributed by atoms with E-state index < -0.39 is 5.60 Å². The van der Waals surface area contributed by atoms with Crippen LogP contribution in [0.3, 0.4) is 0 Å². The van der Waals surface area contributed by atoms with Gasteiger partial charge in [0.2, 0.25) is 0 Å². The zero-order valence-corrected chi connectivity index (χ0v) is 17.7. The highest BCUT2D eigenvalue weighted by molar-refractivity contribution is 14.0. The summed E-state index contributed by atoms with van der Waals surface area (Å²) in [6.45, 7) is 3.96. The Bertz CT molecular complexity index is 601. The lowest BCUT2D eigenvalue weighted by molar-refractivity contribution is 0.0677. The number of rotatable bonds is 9. The Morgan fingerprint density at radius 2 is 2.16 bits per heavy atom. The summed E-state index contributed by atoms with van der Waals surface area (Å²) in [6.07, 6.45) is 2.43. The highest BCUT2D eigenvalue weighted by atomic mass is 127. The van der Waals surface area contributed by atoms with Crippen LogP contribution in [0.15, 0.2) is 44.6 Å². The number of furan rings is 1. The van der Waals surface area contributed by atoms with E-state index in [1.165, 1.54) is 0 Å². The molecule has 6 nitrogen and oxygen atoms in total. The molecule has 2 rings (SSSR count). The first kappa shape index (κ1) is 21.9. The van der Waals surface area contributed by atoms with E-state index in [4.69, 9.17) is 9.15 Å². The van der Waals surface area contributed by atoms with Crippen molar-refractivity contribution in [1.29, 1.82) is 0 Å². The predicted octanol–water partition coefficient (Wildman–Crippen LogP) is 2.59. The van der Waals surface area contributed by atoms with E-state index in [-0.39, 0.29) is 30.5 Å². The van der Waals surface area contributed by atoms with Crippen molar-refractivity contribution in [2.45, 2.75) is 18.9 Å². The molecular weight excluding hydrogens is 453 g/mol. The smallest absolute Gasteiger partial charge is 0.191 e. The van der Waals surface area contributed by atoms with Gasteiger partial charge in [-0.05, 0) is 41.4 Å². The molecule has 1 unspecified atom stereocenters. The molecule has 2 aromatic rings. The Balaban J connectivity index is 0.00000312. The van der Waals surface area contributed by atoms with Crippen LogP contribution in [0, 0.1) is 0 Å². The number of aliphatic imine (C=N–C) groups is 1. The van der Waals surface area contributed by atoms with Crippen LogP contribution in [0.2, 0.25) is 0 Å². The van der Waals surface area contributed by atoms with Gasteiger partial charge >= 0.3 is 0 Å². The summed E-state index contributed by atoms with van der Waals surface area (Å²) in [4.78, 5) is 4.50. The third kappa shape index (κ3) is 7.76. The number of aliphatic hydroxyl groups is 1. The molecule has 0 amide bonds. The molecule has 0 aliphatic carbocycles. The molecule has 25 heavy (non-hydrogen) atoms. The molecule has 0 saturated carbocycles. The van der Waals surface area contributed by atoms with Crippen molar-refractivity contribution < 1.29 is 14.3 Å². The number of thiophene rings is 1. The summed E-state index contributed by atoms with van der Waals surface area (Å²) < 4.78 is 10.4. The Hall–Kier alpha value is -1.10. The molecule has 2 heterocycles. The summed E-state index contributed by atoms with van der Waals surface area (Å²) in [5.74, 6) is 1.57. The second-order valence-corrected chi connectivity index (χ2v) is 6.41. The van der Waals surface area contributed by atoms with Crippen molar-refractivity contribution >= 4 is 41.3 Å². The molecule has 140 valence electrons. The number of nitrogens with zero attached hydrogens (tertiary/aromatic N) is 1. The van der Waals surface area contributed by atoms with Crippen LogP contribution in [-0.2, 0) is 16.8 Å². The first-order valence-electron chi connectivity index (χ1n) is 7.90. The van der Waals surface area contributed by atoms with Crippen molar-refractivity contribution in [2.75, 3.05) is 33.4 Å². The third-order valence-corrected chi connectivity index (χ3v) is 4.21. The number of methoxy groups -OCH3 is 1. The maximum Gasteiger partial charge on any atom is 0.191 e. The maximum atomic E-state index is 10.6.